The first-order chi connectivity index (χ1) is 12.2. The molecular formula is C18H20N6O. The van der Waals surface area contributed by atoms with Crippen LogP contribution in [0.5, 0.6) is 0 Å². The Morgan fingerprint density at radius 3 is 3.16 bits per heavy atom. The number of aromatic nitrogens is 4. The lowest BCUT2D eigenvalue weighted by Crippen LogP contribution is -2.34. The van der Waals surface area contributed by atoms with E-state index >= 15 is 0 Å². The first kappa shape index (κ1) is 15.4. The quantitative estimate of drug-likeness (QED) is 0.687. The van der Waals surface area contributed by atoms with E-state index in [1.807, 2.05) is 43.6 Å². The molecule has 0 radical (unpaired) electrons. The third kappa shape index (κ3) is 3.13. The molecule has 2 heterocycles. The van der Waals surface area contributed by atoms with Gasteiger partial charge in [0.25, 0.3) is 0 Å². The summed E-state index contributed by atoms with van der Waals surface area (Å²) in [6.45, 7) is 1.97. The highest BCUT2D eigenvalue weighted by atomic mass is 16.2. The Morgan fingerprint density at radius 2 is 2.32 bits per heavy atom. The minimum absolute atomic E-state index is 0.0270. The SMILES string of the molecule is Cc1ccc(-n2cccn2)cc1NC(=O)NC1CCCc2cn[nH]c21. The van der Waals surface area contributed by atoms with Crippen molar-refractivity contribution < 1.29 is 4.79 Å². The molecule has 3 N–H and O–H groups in total. The van der Waals surface area contributed by atoms with E-state index in [1.165, 1.54) is 5.56 Å². The van der Waals surface area contributed by atoms with Crippen molar-refractivity contribution in [2.75, 3.05) is 5.32 Å². The van der Waals surface area contributed by atoms with Crippen LogP contribution in [0, 0.1) is 6.92 Å². The highest BCUT2D eigenvalue weighted by molar-refractivity contribution is 5.90. The van der Waals surface area contributed by atoms with E-state index in [-0.39, 0.29) is 12.1 Å². The zero-order chi connectivity index (χ0) is 17.2. The summed E-state index contributed by atoms with van der Waals surface area (Å²) in [5.41, 5.74) is 4.87. The lowest BCUT2D eigenvalue weighted by molar-refractivity contribution is 0.246. The Labute approximate surface area is 145 Å². The van der Waals surface area contributed by atoms with Crippen LogP contribution in [0.3, 0.4) is 0 Å². The number of amides is 2. The van der Waals surface area contributed by atoms with Gasteiger partial charge in [0.2, 0.25) is 0 Å². The van der Waals surface area contributed by atoms with E-state index in [0.29, 0.717) is 0 Å². The fourth-order valence-corrected chi connectivity index (χ4v) is 3.23. The maximum atomic E-state index is 12.5. The highest BCUT2D eigenvalue weighted by Crippen LogP contribution is 2.27. The Kier molecular flexibility index (Phi) is 3.97. The molecule has 7 heteroatoms. The van der Waals surface area contributed by atoms with Crippen molar-refractivity contribution in [3.63, 3.8) is 0 Å². The topological polar surface area (TPSA) is 87.6 Å². The summed E-state index contributed by atoms with van der Waals surface area (Å²) in [7, 11) is 0. The minimum Gasteiger partial charge on any atom is -0.330 e. The van der Waals surface area contributed by atoms with E-state index in [4.69, 9.17) is 0 Å². The number of H-pyrrole nitrogens is 1. The monoisotopic (exact) mass is 336 g/mol. The molecule has 1 aromatic carbocycles. The van der Waals surface area contributed by atoms with Gasteiger partial charge in [-0.3, -0.25) is 5.10 Å². The number of anilines is 1. The maximum Gasteiger partial charge on any atom is 0.319 e. The minimum atomic E-state index is -0.215. The first-order valence-corrected chi connectivity index (χ1v) is 8.41. The molecule has 3 aromatic rings. The molecule has 128 valence electrons. The third-order valence-corrected chi connectivity index (χ3v) is 4.58. The van der Waals surface area contributed by atoms with Gasteiger partial charge in [0.1, 0.15) is 0 Å². The van der Waals surface area contributed by atoms with E-state index in [1.54, 1.807) is 10.9 Å². The molecule has 2 aromatic heterocycles. The Balaban J connectivity index is 1.49. The fraction of sp³-hybridized carbons (Fsp3) is 0.278. The molecule has 0 fully saturated rings. The number of hydrogen-bond donors (Lipinski definition) is 3. The average molecular weight is 336 g/mol. The van der Waals surface area contributed by atoms with Crippen molar-refractivity contribution in [2.45, 2.75) is 32.2 Å². The number of fused-ring (bicyclic) bond motifs is 1. The molecule has 0 aliphatic heterocycles. The summed E-state index contributed by atoms with van der Waals surface area (Å²) in [5, 5.41) is 17.3. The van der Waals surface area contributed by atoms with Gasteiger partial charge in [0, 0.05) is 18.1 Å². The molecule has 0 spiro atoms. The molecule has 7 nitrogen and oxygen atoms in total. The molecule has 1 aliphatic carbocycles. The van der Waals surface area contributed by atoms with Gasteiger partial charge in [0.15, 0.2) is 0 Å². The Morgan fingerprint density at radius 1 is 1.40 bits per heavy atom. The van der Waals surface area contributed by atoms with Gasteiger partial charge < -0.3 is 10.6 Å². The number of carbonyl (C=O) groups is 1. The van der Waals surface area contributed by atoms with Crippen molar-refractivity contribution in [1.82, 2.24) is 25.3 Å². The zero-order valence-corrected chi connectivity index (χ0v) is 14.0. The molecule has 1 aliphatic rings. The number of nitrogens with one attached hydrogen (secondary N) is 3. The van der Waals surface area contributed by atoms with Crippen LogP contribution in [-0.4, -0.2) is 26.0 Å². The van der Waals surface area contributed by atoms with Crippen LogP contribution >= 0.6 is 0 Å². The Hall–Kier alpha value is -3.09. The number of nitrogens with zero attached hydrogens (tertiary/aromatic N) is 3. The summed E-state index contributed by atoms with van der Waals surface area (Å²) in [5.74, 6) is 0. The van der Waals surface area contributed by atoms with Crippen LogP contribution in [0.4, 0.5) is 10.5 Å². The van der Waals surface area contributed by atoms with Crippen LogP contribution in [0.2, 0.25) is 0 Å². The molecule has 0 saturated heterocycles. The first-order valence-electron chi connectivity index (χ1n) is 8.41. The number of urea groups is 1. The van der Waals surface area contributed by atoms with Crippen LogP contribution in [-0.2, 0) is 6.42 Å². The lowest BCUT2D eigenvalue weighted by Gasteiger charge is -2.23. The van der Waals surface area contributed by atoms with Gasteiger partial charge in [-0.15, -0.1) is 0 Å². The fourth-order valence-electron chi connectivity index (χ4n) is 3.23. The predicted octanol–water partition coefficient (Wildman–Crippen LogP) is 3.10. The average Bonchev–Trinajstić information content (AvgIpc) is 3.28. The second-order valence-corrected chi connectivity index (χ2v) is 6.30. The molecular weight excluding hydrogens is 316 g/mol. The standard InChI is InChI=1S/C18H20N6O/c1-12-6-7-14(24-9-3-8-20-24)10-16(12)22-18(25)21-15-5-2-4-13-11-19-23-17(13)15/h3,6-11,15H,2,4-5H2,1H3,(H,19,23)(H2,21,22,25). The summed E-state index contributed by atoms with van der Waals surface area (Å²) >= 11 is 0. The molecule has 25 heavy (non-hydrogen) atoms. The van der Waals surface area contributed by atoms with E-state index < -0.39 is 0 Å². The van der Waals surface area contributed by atoms with Gasteiger partial charge in [-0.1, -0.05) is 6.07 Å². The van der Waals surface area contributed by atoms with Gasteiger partial charge in [-0.25, -0.2) is 9.48 Å². The molecule has 1 atom stereocenters. The van der Waals surface area contributed by atoms with Crippen molar-refractivity contribution in [2.24, 2.45) is 0 Å². The van der Waals surface area contributed by atoms with E-state index in [9.17, 15) is 4.79 Å². The number of aromatic amines is 1. The molecule has 4 rings (SSSR count). The van der Waals surface area contributed by atoms with Crippen LogP contribution in [0.15, 0.2) is 42.9 Å². The second kappa shape index (κ2) is 6.43. The van der Waals surface area contributed by atoms with Gasteiger partial charge in [-0.05, 0) is 55.5 Å². The normalized spacial score (nSPS) is 16.3. The maximum absolute atomic E-state index is 12.5. The number of carbonyl (C=O) groups excluding carboxylic acids is 1. The van der Waals surface area contributed by atoms with Crippen molar-refractivity contribution in [1.29, 1.82) is 0 Å². The largest absolute Gasteiger partial charge is 0.330 e. The zero-order valence-electron chi connectivity index (χ0n) is 14.0. The molecule has 0 saturated carbocycles. The van der Waals surface area contributed by atoms with Crippen molar-refractivity contribution in [3.05, 3.63) is 59.7 Å². The second-order valence-electron chi connectivity index (χ2n) is 6.30. The van der Waals surface area contributed by atoms with Crippen molar-refractivity contribution >= 4 is 11.7 Å². The van der Waals surface area contributed by atoms with E-state index in [2.05, 4.69) is 25.9 Å². The van der Waals surface area contributed by atoms with Gasteiger partial charge in [-0.2, -0.15) is 10.2 Å². The Bertz CT molecular complexity index is 883. The molecule has 1 unspecified atom stereocenters. The van der Waals surface area contributed by atoms with Gasteiger partial charge >= 0.3 is 6.03 Å². The highest BCUT2D eigenvalue weighted by Gasteiger charge is 2.23. The summed E-state index contributed by atoms with van der Waals surface area (Å²) in [6.07, 6.45) is 8.41. The number of benzene rings is 1. The molecule has 2 amide bonds. The molecule has 0 bridgehead atoms. The van der Waals surface area contributed by atoms with Crippen LogP contribution < -0.4 is 10.6 Å². The van der Waals surface area contributed by atoms with E-state index in [0.717, 1.165) is 41.9 Å². The van der Waals surface area contributed by atoms with Crippen LogP contribution in [0.1, 0.15) is 35.7 Å². The smallest absolute Gasteiger partial charge is 0.319 e. The summed E-state index contributed by atoms with van der Waals surface area (Å²) in [4.78, 5) is 12.5. The summed E-state index contributed by atoms with van der Waals surface area (Å²) < 4.78 is 1.76. The van der Waals surface area contributed by atoms with Crippen molar-refractivity contribution in [3.8, 4) is 5.69 Å². The van der Waals surface area contributed by atoms with Crippen LogP contribution in [0.25, 0.3) is 5.69 Å². The predicted molar refractivity (Wildman–Crippen MR) is 94.7 cm³/mol. The lowest BCUT2D eigenvalue weighted by atomic mass is 9.94. The van der Waals surface area contributed by atoms with Gasteiger partial charge in [0.05, 0.1) is 23.6 Å². The number of aryl methyl sites for hydroxylation is 2. The summed E-state index contributed by atoms with van der Waals surface area (Å²) in [6, 6.07) is 7.49. The third-order valence-electron chi connectivity index (χ3n) is 4.58. The number of rotatable bonds is 3. The number of hydrogen-bond acceptors (Lipinski definition) is 3.